The molecule has 0 aliphatic carbocycles. The Labute approximate surface area is 576 Å². The summed E-state index contributed by atoms with van der Waals surface area (Å²) in [5.74, 6) is 0. The maximum absolute atomic E-state index is 7.60. The standard InChI is InChI=1S/C54B34N2S/c55-13-3(14(56)30(72)36(78)29(13)71)4-18(60)40(82)52(41(83)19(4)61)90-48-2(8-21(63)34(76)39(81)43(85)50(8)90)1-7-20(62)33(75)38(80)42(84)49(7)89(47(1)45(87)46(48)88)51-26(68)6(17(59)35(77)44(51)86)10-23(65)28(70)25(67)12-11-24(66)27(69)22(64)9(53(11)91-54(10)12)5-15(57)31(73)37(79)32(74)16(5)58. The highest BCUT2D eigenvalue weighted by atomic mass is 32.1. The summed E-state index contributed by atoms with van der Waals surface area (Å²) in [6.45, 7) is 0. The van der Waals surface area contributed by atoms with E-state index in [1.54, 1.807) is 0 Å². The van der Waals surface area contributed by atoms with Crippen LogP contribution in [-0.2, 0) is 0 Å². The molecule has 0 aliphatic rings. The van der Waals surface area contributed by atoms with E-state index in [0.717, 1.165) is 11.3 Å². The van der Waals surface area contributed by atoms with Crippen LogP contribution in [0.4, 0.5) is 0 Å². The van der Waals surface area contributed by atoms with Gasteiger partial charge in [-0.25, -0.2) is 0 Å². The maximum atomic E-state index is 7.60. The molecule has 0 amide bonds. The van der Waals surface area contributed by atoms with Gasteiger partial charge in [0.1, 0.15) is 267 Å². The van der Waals surface area contributed by atoms with E-state index in [0.29, 0.717) is 0 Å². The van der Waals surface area contributed by atoms with Gasteiger partial charge in [-0.3, -0.25) is 0 Å². The Morgan fingerprint density at radius 2 is 0.319 bits per heavy atom. The van der Waals surface area contributed by atoms with Crippen molar-refractivity contribution in [3.05, 3.63) is 0 Å². The normalized spacial score (nSPS) is 11.9. The largest absolute Gasteiger partial charge is 0.312 e. The quantitative estimate of drug-likeness (QED) is 0.152. The molecule has 0 spiro atoms. The first-order chi connectivity index (χ1) is 42.4. The summed E-state index contributed by atoms with van der Waals surface area (Å²) in [6.07, 6.45) is 0. The van der Waals surface area contributed by atoms with E-state index < -0.39 is 0 Å². The third-order valence-corrected chi connectivity index (χ3v) is 18.9. The van der Waals surface area contributed by atoms with Gasteiger partial charge in [-0.2, -0.15) is 0 Å². The summed E-state index contributed by atoms with van der Waals surface area (Å²) < 4.78 is 3.32. The number of hydrogen-bond acceptors (Lipinski definition) is 1. The Balaban J connectivity index is 1.29. The van der Waals surface area contributed by atoms with Crippen LogP contribution in [0.1, 0.15) is 0 Å². The van der Waals surface area contributed by atoms with E-state index in [-0.39, 0.29) is 294 Å². The Kier molecular flexibility index (Phi) is 16.2. The molecule has 0 saturated carbocycles. The van der Waals surface area contributed by atoms with Gasteiger partial charge < -0.3 is 9.13 Å². The number of fused-ring (bicyclic) bond motifs is 10. The molecule has 3 aromatic heterocycles. The molecule has 0 atom stereocenters. The molecule has 0 fully saturated rings. The number of nitrogens with zero attached hydrogens (tertiary/aromatic N) is 2. The van der Waals surface area contributed by atoms with Crippen LogP contribution in [0.15, 0.2) is 0 Å². The average Bonchev–Trinajstić information content (AvgIpc) is 1.52. The second-order valence-electron chi connectivity index (χ2n) is 22.1. The molecule has 0 aliphatic heterocycles. The highest BCUT2D eigenvalue weighted by Gasteiger charge is 2.33. The van der Waals surface area contributed by atoms with Gasteiger partial charge in [0.05, 0.1) is 0 Å². The fraction of sp³-hybridized carbons (Fsp3) is 0. The minimum Gasteiger partial charge on any atom is -0.312 e. The molecule has 2 nitrogen and oxygen atoms in total. The first kappa shape index (κ1) is 66.0. The summed E-state index contributed by atoms with van der Waals surface area (Å²) >= 11 is 1.02. The third-order valence-electron chi connectivity index (χ3n) is 17.6. The zero-order valence-corrected chi connectivity index (χ0v) is 48.7. The molecule has 37 heteroatoms. The number of hydrogen-bond donors (Lipinski definition) is 0. The van der Waals surface area contributed by atoms with Crippen molar-refractivity contribution in [1.82, 2.24) is 9.13 Å². The molecule has 334 valence electrons. The minimum atomic E-state index is -0.282. The van der Waals surface area contributed by atoms with Crippen LogP contribution < -0.4 is 186 Å². The van der Waals surface area contributed by atoms with Crippen molar-refractivity contribution >= 4 is 528 Å². The highest BCUT2D eigenvalue weighted by molar-refractivity contribution is 7.28. The second-order valence-corrected chi connectivity index (χ2v) is 23.1. The van der Waals surface area contributed by atoms with Crippen LogP contribution in [0, 0.1) is 0 Å². The first-order valence-electron chi connectivity index (χ1n) is 26.6. The summed E-state index contributed by atoms with van der Waals surface area (Å²) in [7, 11) is 233. The molecule has 0 bridgehead atoms. The molecule has 91 heavy (non-hydrogen) atoms. The molecule has 0 N–H and O–H groups in total. The van der Waals surface area contributed by atoms with Crippen LogP contribution in [0.5, 0.6) is 0 Å². The molecule has 68 radical (unpaired) electrons. The van der Waals surface area contributed by atoms with Crippen LogP contribution in [-0.4, -0.2) is 276 Å². The fourth-order valence-corrected chi connectivity index (χ4v) is 14.2. The molecule has 9 aromatic carbocycles. The molecule has 12 aromatic rings. The van der Waals surface area contributed by atoms with Gasteiger partial charge in [0.15, 0.2) is 0 Å². The molecule has 0 unspecified atom stereocenters. The maximum Gasteiger partial charge on any atom is 0.117 e. The summed E-state index contributed by atoms with van der Waals surface area (Å²) in [6, 6.07) is 0. The van der Waals surface area contributed by atoms with Crippen LogP contribution in [0.25, 0.3) is 109 Å². The van der Waals surface area contributed by atoms with Gasteiger partial charge in [-0.1, -0.05) is 115 Å². The van der Waals surface area contributed by atoms with Crippen LogP contribution in [0.3, 0.4) is 0 Å². The van der Waals surface area contributed by atoms with Crippen LogP contribution in [0.2, 0.25) is 0 Å². The SMILES string of the molecule is [B]c1c([B])c([B])c(-c2c([B])c([B])c(-n3c4c([B])c([B])c([B])c([B])c4c4c5c6c([B])c([B])c([B])c([B])c6n(-c6c([B])c([B])c([B])c(-c7c([B])c([B])c([B])c8c7sc7c(-c9c([B])c([B])c([B])c([B])c9[B])c([B])c([B])c([B])c78)c6[B])c5c([B])c([B])c43)c([B])c2[B])c([B])c1[B]. The predicted octanol–water partition coefficient (Wildman–Crippen LogP) is -25.8. The average molecular weight is 1080 g/mol. The van der Waals surface area contributed by atoms with Crippen LogP contribution >= 0.6 is 11.3 Å². The van der Waals surface area contributed by atoms with Crippen molar-refractivity contribution in [2.24, 2.45) is 0 Å². The van der Waals surface area contributed by atoms with Gasteiger partial charge in [0, 0.05) is 64.4 Å². The van der Waals surface area contributed by atoms with E-state index in [9.17, 15) is 0 Å². The Hall–Kier alpha value is -4.99. The van der Waals surface area contributed by atoms with Gasteiger partial charge in [0.25, 0.3) is 0 Å². The fourth-order valence-electron chi connectivity index (χ4n) is 12.7. The highest BCUT2D eigenvalue weighted by Crippen LogP contribution is 2.41. The smallest absolute Gasteiger partial charge is 0.117 e. The van der Waals surface area contributed by atoms with Gasteiger partial charge >= 0.3 is 0 Å². The van der Waals surface area contributed by atoms with E-state index in [4.69, 9.17) is 267 Å². The van der Waals surface area contributed by atoms with Gasteiger partial charge in [0.2, 0.25) is 0 Å². The number of thiophene rings is 1. The Morgan fingerprint density at radius 1 is 0.143 bits per heavy atom. The van der Waals surface area contributed by atoms with Crippen molar-refractivity contribution in [1.29, 1.82) is 0 Å². The molecule has 12 rings (SSSR count). The number of aromatic nitrogens is 2. The van der Waals surface area contributed by atoms with Crippen molar-refractivity contribution < 1.29 is 0 Å². The van der Waals surface area contributed by atoms with Crippen molar-refractivity contribution in [2.45, 2.75) is 0 Å². The lowest BCUT2D eigenvalue weighted by Gasteiger charge is -2.29. The monoisotopic (exact) mass is 1080 g/mol. The van der Waals surface area contributed by atoms with Gasteiger partial charge in [-0.05, 0) is 44.2 Å². The topological polar surface area (TPSA) is 9.86 Å². The second kappa shape index (κ2) is 22.3. The van der Waals surface area contributed by atoms with Crippen molar-refractivity contribution in [3.63, 3.8) is 0 Å². The Morgan fingerprint density at radius 3 is 0.648 bits per heavy atom. The lowest BCUT2D eigenvalue weighted by Crippen LogP contribution is -2.57. The van der Waals surface area contributed by atoms with E-state index in [2.05, 4.69) is 0 Å². The van der Waals surface area contributed by atoms with Crippen molar-refractivity contribution in [2.75, 3.05) is 0 Å². The summed E-state index contributed by atoms with van der Waals surface area (Å²) in [4.78, 5) is 0. The number of rotatable bonds is 5. The van der Waals surface area contributed by atoms with E-state index >= 15 is 0 Å². The van der Waals surface area contributed by atoms with E-state index in [1.165, 1.54) is 9.13 Å². The minimum absolute atomic E-state index is 0.0265. The first-order valence-corrected chi connectivity index (χ1v) is 27.4. The summed E-state index contributed by atoms with van der Waals surface area (Å²) in [5.41, 5.74) is -6.38. The van der Waals surface area contributed by atoms with Crippen molar-refractivity contribution in [3.8, 4) is 44.8 Å². The predicted molar refractivity (Wildman–Crippen MR) is 428 cm³/mol. The number of benzene rings is 9. The van der Waals surface area contributed by atoms with E-state index in [1.807, 2.05) is 0 Å². The third kappa shape index (κ3) is 8.47. The summed E-state index contributed by atoms with van der Waals surface area (Å²) in [5, 5.41) is 0.606. The molecule has 3 heterocycles. The lowest BCUT2D eigenvalue weighted by atomic mass is 9.56. The molecular weight excluding hydrogens is 1080 g/mol. The molecular formula is C54B34N2S. The zero-order chi connectivity index (χ0) is 67.0. The van der Waals surface area contributed by atoms with Gasteiger partial charge in [-0.15, -0.1) is 82.4 Å². The lowest BCUT2D eigenvalue weighted by molar-refractivity contribution is 1.21. The molecule has 0 saturated heterocycles. The zero-order valence-electron chi connectivity index (χ0n) is 47.9. The Bertz CT molecular complexity index is 5440.